The van der Waals surface area contributed by atoms with Gasteiger partial charge in [-0.25, -0.2) is 0 Å². The molecule has 4 nitrogen and oxygen atoms in total. The molecule has 0 saturated heterocycles. The number of rotatable bonds is 3. The first-order valence-corrected chi connectivity index (χ1v) is 6.09. The smallest absolute Gasteiger partial charge is 0.157 e. The monoisotopic (exact) mass is 269 g/mol. The molecule has 20 heavy (non-hydrogen) atoms. The second kappa shape index (κ2) is 5.93. The Kier molecular flexibility index (Phi) is 4.05. The summed E-state index contributed by atoms with van der Waals surface area (Å²) in [6, 6.07) is 12.2. The van der Waals surface area contributed by atoms with Gasteiger partial charge in [-0.3, -0.25) is 0 Å². The Labute approximate surface area is 116 Å². The second-order valence-corrected chi connectivity index (χ2v) is 4.39. The van der Waals surface area contributed by atoms with Gasteiger partial charge >= 0.3 is 0 Å². The molecule has 0 aliphatic carbocycles. The molecule has 102 valence electrons. The summed E-state index contributed by atoms with van der Waals surface area (Å²) in [5, 5.41) is 30.5. The zero-order chi connectivity index (χ0) is 14.5. The highest BCUT2D eigenvalue weighted by atomic mass is 16.4. The second-order valence-electron chi connectivity index (χ2n) is 4.39. The molecule has 0 aliphatic heterocycles. The minimum Gasteiger partial charge on any atom is -0.504 e. The maximum atomic E-state index is 9.40. The van der Waals surface area contributed by atoms with Crippen molar-refractivity contribution in [2.75, 3.05) is 0 Å². The highest BCUT2D eigenvalue weighted by molar-refractivity contribution is 5.98. The summed E-state index contributed by atoms with van der Waals surface area (Å²) >= 11 is 0. The zero-order valence-corrected chi connectivity index (χ0v) is 11.0. The molecule has 0 fully saturated rings. The fourth-order valence-electron chi connectivity index (χ4n) is 1.73. The van der Waals surface area contributed by atoms with Crippen LogP contribution in [0.2, 0.25) is 0 Å². The lowest BCUT2D eigenvalue weighted by molar-refractivity contribution is 0.319. The Bertz CT molecular complexity index is 658. The van der Waals surface area contributed by atoms with E-state index in [2.05, 4.69) is 5.16 Å². The van der Waals surface area contributed by atoms with E-state index in [1.165, 1.54) is 12.1 Å². The lowest BCUT2D eigenvalue weighted by atomic mass is 10.1. The van der Waals surface area contributed by atoms with Crippen LogP contribution >= 0.6 is 0 Å². The van der Waals surface area contributed by atoms with E-state index in [4.69, 9.17) is 5.21 Å². The third-order valence-electron chi connectivity index (χ3n) is 2.95. The Morgan fingerprint density at radius 2 is 1.50 bits per heavy atom. The predicted molar refractivity (Wildman–Crippen MR) is 79.1 cm³/mol. The van der Waals surface area contributed by atoms with Gasteiger partial charge in [-0.1, -0.05) is 47.6 Å². The van der Waals surface area contributed by atoms with Gasteiger partial charge in [-0.2, -0.15) is 0 Å². The molecule has 0 saturated carbocycles. The van der Waals surface area contributed by atoms with E-state index in [-0.39, 0.29) is 11.5 Å². The minimum atomic E-state index is -0.141. The van der Waals surface area contributed by atoms with Gasteiger partial charge in [0.1, 0.15) is 0 Å². The maximum Gasteiger partial charge on any atom is 0.157 e. The topological polar surface area (TPSA) is 73.1 Å². The lowest BCUT2D eigenvalue weighted by Gasteiger charge is -2.00. The van der Waals surface area contributed by atoms with Gasteiger partial charge < -0.3 is 15.4 Å². The number of aromatic hydroxyl groups is 2. The first-order chi connectivity index (χ1) is 9.60. The molecular formula is C16H15NO3. The number of hydrogen-bond acceptors (Lipinski definition) is 4. The van der Waals surface area contributed by atoms with Gasteiger partial charge in [0.05, 0.1) is 5.71 Å². The highest BCUT2D eigenvalue weighted by Gasteiger charge is 1.99. The van der Waals surface area contributed by atoms with Crippen LogP contribution in [0, 0.1) is 0 Å². The number of phenols is 2. The van der Waals surface area contributed by atoms with Gasteiger partial charge in [0.2, 0.25) is 0 Å². The largest absolute Gasteiger partial charge is 0.504 e. The van der Waals surface area contributed by atoms with Crippen molar-refractivity contribution in [3.8, 4) is 11.5 Å². The van der Waals surface area contributed by atoms with E-state index in [1.807, 2.05) is 36.4 Å². The molecule has 0 aromatic heterocycles. The van der Waals surface area contributed by atoms with E-state index in [0.717, 1.165) is 16.7 Å². The molecule has 2 aromatic carbocycles. The maximum absolute atomic E-state index is 9.40. The third-order valence-corrected chi connectivity index (χ3v) is 2.95. The van der Waals surface area contributed by atoms with Crippen LogP contribution in [0.3, 0.4) is 0 Å². The molecule has 0 radical (unpaired) electrons. The summed E-state index contributed by atoms with van der Waals surface area (Å²) in [6.45, 7) is 1.73. The quantitative estimate of drug-likeness (QED) is 0.263. The third kappa shape index (κ3) is 3.17. The van der Waals surface area contributed by atoms with Crippen molar-refractivity contribution in [2.24, 2.45) is 5.16 Å². The van der Waals surface area contributed by atoms with E-state index in [9.17, 15) is 10.2 Å². The number of hydrogen-bond donors (Lipinski definition) is 3. The van der Waals surface area contributed by atoms with Crippen LogP contribution in [0.25, 0.3) is 12.2 Å². The number of benzene rings is 2. The van der Waals surface area contributed by atoms with E-state index >= 15 is 0 Å². The van der Waals surface area contributed by atoms with Crippen molar-refractivity contribution in [2.45, 2.75) is 6.92 Å². The molecule has 0 atom stereocenters. The Morgan fingerprint density at radius 1 is 0.900 bits per heavy atom. The Morgan fingerprint density at radius 3 is 2.10 bits per heavy atom. The summed E-state index contributed by atoms with van der Waals surface area (Å²) in [4.78, 5) is 0. The van der Waals surface area contributed by atoms with E-state index < -0.39 is 0 Å². The molecule has 3 N–H and O–H groups in total. The first kappa shape index (κ1) is 13.7. The average molecular weight is 269 g/mol. The van der Waals surface area contributed by atoms with Gasteiger partial charge in [-0.15, -0.1) is 0 Å². The molecular weight excluding hydrogens is 254 g/mol. The van der Waals surface area contributed by atoms with Crippen molar-refractivity contribution < 1.29 is 15.4 Å². The summed E-state index contributed by atoms with van der Waals surface area (Å²) < 4.78 is 0. The molecule has 0 amide bonds. The average Bonchev–Trinajstić information content (AvgIpc) is 2.48. The van der Waals surface area contributed by atoms with E-state index in [0.29, 0.717) is 5.71 Å². The van der Waals surface area contributed by atoms with E-state index in [1.54, 1.807) is 13.0 Å². The van der Waals surface area contributed by atoms with Crippen LogP contribution in [-0.2, 0) is 0 Å². The van der Waals surface area contributed by atoms with Crippen LogP contribution in [0.5, 0.6) is 11.5 Å². The van der Waals surface area contributed by atoms with Gasteiger partial charge in [0, 0.05) is 0 Å². The standard InChI is InChI=1S/C16H15NO3/c1-11(17-20)14-7-4-12(5-8-14)2-3-13-6-9-15(18)16(19)10-13/h2-10,18-20H,1H3. The van der Waals surface area contributed by atoms with Crippen LogP contribution in [-0.4, -0.2) is 21.1 Å². The zero-order valence-electron chi connectivity index (χ0n) is 11.0. The van der Waals surface area contributed by atoms with Gasteiger partial charge in [0.25, 0.3) is 0 Å². The van der Waals surface area contributed by atoms with Crippen molar-refractivity contribution in [3.63, 3.8) is 0 Å². The fraction of sp³-hybridized carbons (Fsp3) is 0.0625. The molecule has 2 aromatic rings. The number of phenolic OH excluding ortho intramolecular Hbond substituents is 2. The van der Waals surface area contributed by atoms with Gasteiger partial charge in [0.15, 0.2) is 11.5 Å². The van der Waals surface area contributed by atoms with Crippen molar-refractivity contribution in [1.82, 2.24) is 0 Å². The van der Waals surface area contributed by atoms with Gasteiger partial charge in [-0.05, 0) is 35.7 Å². The van der Waals surface area contributed by atoms with Crippen LogP contribution in [0.1, 0.15) is 23.6 Å². The van der Waals surface area contributed by atoms with Crippen molar-refractivity contribution >= 4 is 17.9 Å². The Balaban J connectivity index is 2.17. The van der Waals surface area contributed by atoms with Crippen LogP contribution in [0.15, 0.2) is 47.6 Å². The minimum absolute atomic E-state index is 0.134. The van der Waals surface area contributed by atoms with Crippen LogP contribution < -0.4 is 0 Å². The fourth-order valence-corrected chi connectivity index (χ4v) is 1.73. The van der Waals surface area contributed by atoms with Crippen molar-refractivity contribution in [3.05, 3.63) is 59.2 Å². The van der Waals surface area contributed by atoms with Crippen LogP contribution in [0.4, 0.5) is 0 Å². The summed E-state index contributed by atoms with van der Waals surface area (Å²) in [7, 11) is 0. The summed E-state index contributed by atoms with van der Waals surface area (Å²) in [6.07, 6.45) is 3.72. The molecule has 0 spiro atoms. The molecule has 2 rings (SSSR count). The molecule has 4 heteroatoms. The normalized spacial score (nSPS) is 11.9. The molecule has 0 heterocycles. The summed E-state index contributed by atoms with van der Waals surface area (Å²) in [5.41, 5.74) is 3.18. The van der Waals surface area contributed by atoms with Crippen molar-refractivity contribution in [1.29, 1.82) is 0 Å². The number of nitrogens with zero attached hydrogens (tertiary/aromatic N) is 1. The lowest BCUT2D eigenvalue weighted by Crippen LogP contribution is -1.93. The first-order valence-electron chi connectivity index (χ1n) is 6.09. The SMILES string of the molecule is CC(=NO)c1ccc(C=Cc2ccc(O)c(O)c2)cc1. The Hall–Kier alpha value is -2.75. The molecule has 0 aliphatic rings. The summed E-state index contributed by atoms with van der Waals surface area (Å²) in [5.74, 6) is -0.275. The molecule has 0 bridgehead atoms. The number of oxime groups is 1. The highest BCUT2D eigenvalue weighted by Crippen LogP contribution is 2.25. The molecule has 0 unspecified atom stereocenters. The predicted octanol–water partition coefficient (Wildman–Crippen LogP) is 3.47.